The van der Waals surface area contributed by atoms with Crippen molar-refractivity contribution in [2.75, 3.05) is 6.61 Å². The van der Waals surface area contributed by atoms with Crippen molar-refractivity contribution in [2.24, 2.45) is 0 Å². The molecule has 1 aromatic carbocycles. The number of alkyl carbamates (subject to hydrolysis) is 1. The molecular formula is C24H34N2O5. The SMILES string of the molecule is C=CCCC(=O)N[C@H](CCOC(=O)C(CC=C)NC(=O)OC(C)(C)C)c1ccccc1. The van der Waals surface area contributed by atoms with Gasteiger partial charge in [-0.1, -0.05) is 42.5 Å². The minimum Gasteiger partial charge on any atom is -0.464 e. The molecule has 31 heavy (non-hydrogen) atoms. The molecule has 0 aromatic heterocycles. The first-order valence-corrected chi connectivity index (χ1v) is 10.4. The van der Waals surface area contributed by atoms with E-state index in [0.717, 1.165) is 5.56 Å². The second-order valence-electron chi connectivity index (χ2n) is 8.04. The van der Waals surface area contributed by atoms with Crippen molar-refractivity contribution in [3.8, 4) is 0 Å². The molecule has 0 aliphatic rings. The molecule has 7 heteroatoms. The molecule has 170 valence electrons. The summed E-state index contributed by atoms with van der Waals surface area (Å²) in [5.74, 6) is -0.688. The van der Waals surface area contributed by atoms with Crippen LogP contribution in [0.4, 0.5) is 4.79 Å². The van der Waals surface area contributed by atoms with Crippen LogP contribution in [0.25, 0.3) is 0 Å². The van der Waals surface area contributed by atoms with Gasteiger partial charge in [0.1, 0.15) is 11.6 Å². The predicted octanol–water partition coefficient (Wildman–Crippen LogP) is 4.21. The standard InChI is InChI=1S/C24H34N2O5/c1-6-8-15-21(27)25-19(18-13-10-9-11-14-18)16-17-30-22(28)20(12-7-2)26-23(29)31-24(3,4)5/h6-7,9-11,13-14,19-20H,1-2,8,12,15-17H2,3-5H3,(H,25,27)(H,26,29)/t19-,20?/m1/s1. The molecule has 1 rings (SSSR count). The number of hydrogen-bond acceptors (Lipinski definition) is 5. The second kappa shape index (κ2) is 13.3. The highest BCUT2D eigenvalue weighted by Crippen LogP contribution is 2.17. The largest absolute Gasteiger partial charge is 0.464 e. The first-order valence-electron chi connectivity index (χ1n) is 10.4. The highest BCUT2D eigenvalue weighted by atomic mass is 16.6. The van der Waals surface area contributed by atoms with Crippen LogP contribution in [0.15, 0.2) is 55.6 Å². The van der Waals surface area contributed by atoms with Crippen LogP contribution in [0.3, 0.4) is 0 Å². The number of benzene rings is 1. The Morgan fingerprint density at radius 3 is 2.32 bits per heavy atom. The van der Waals surface area contributed by atoms with E-state index in [1.54, 1.807) is 26.8 Å². The quantitative estimate of drug-likeness (QED) is 0.383. The van der Waals surface area contributed by atoms with E-state index in [-0.39, 0.29) is 25.0 Å². The number of nitrogens with one attached hydrogen (secondary N) is 2. The van der Waals surface area contributed by atoms with Gasteiger partial charge in [-0.3, -0.25) is 4.79 Å². The molecule has 0 aliphatic heterocycles. The number of carbonyl (C=O) groups excluding carboxylic acids is 3. The number of hydrogen-bond donors (Lipinski definition) is 2. The van der Waals surface area contributed by atoms with Crippen LogP contribution in [-0.4, -0.2) is 36.2 Å². The summed E-state index contributed by atoms with van der Waals surface area (Å²) in [6, 6.07) is 8.27. The molecule has 7 nitrogen and oxygen atoms in total. The summed E-state index contributed by atoms with van der Waals surface area (Å²) in [6.45, 7) is 12.5. The predicted molar refractivity (Wildman–Crippen MR) is 120 cm³/mol. The zero-order chi connectivity index (χ0) is 23.3. The topological polar surface area (TPSA) is 93.7 Å². The van der Waals surface area contributed by atoms with Crippen molar-refractivity contribution in [1.82, 2.24) is 10.6 Å². The van der Waals surface area contributed by atoms with Gasteiger partial charge in [-0.05, 0) is 39.2 Å². The fraction of sp³-hybridized carbons (Fsp3) is 0.458. The van der Waals surface area contributed by atoms with Gasteiger partial charge in [-0.25, -0.2) is 9.59 Å². The van der Waals surface area contributed by atoms with E-state index in [1.807, 2.05) is 30.3 Å². The van der Waals surface area contributed by atoms with Crippen molar-refractivity contribution in [3.05, 3.63) is 61.2 Å². The lowest BCUT2D eigenvalue weighted by Crippen LogP contribution is -2.44. The molecule has 1 aromatic rings. The Bertz CT molecular complexity index is 740. The average Bonchev–Trinajstić information content (AvgIpc) is 2.70. The molecule has 2 amide bonds. The van der Waals surface area contributed by atoms with E-state index >= 15 is 0 Å². The lowest BCUT2D eigenvalue weighted by atomic mass is 10.0. The smallest absolute Gasteiger partial charge is 0.408 e. The molecule has 0 saturated heterocycles. The van der Waals surface area contributed by atoms with Crippen molar-refractivity contribution in [2.45, 2.75) is 64.1 Å². The monoisotopic (exact) mass is 430 g/mol. The highest BCUT2D eigenvalue weighted by molar-refractivity contribution is 5.81. The van der Waals surface area contributed by atoms with Gasteiger partial charge in [0.2, 0.25) is 5.91 Å². The van der Waals surface area contributed by atoms with Gasteiger partial charge in [-0.2, -0.15) is 0 Å². The summed E-state index contributed by atoms with van der Waals surface area (Å²) in [5.41, 5.74) is 0.236. The lowest BCUT2D eigenvalue weighted by Gasteiger charge is -2.23. The molecule has 0 spiro atoms. The van der Waals surface area contributed by atoms with E-state index in [0.29, 0.717) is 19.3 Å². The zero-order valence-corrected chi connectivity index (χ0v) is 18.7. The summed E-state index contributed by atoms with van der Waals surface area (Å²) in [4.78, 5) is 36.6. The Hall–Kier alpha value is -3.09. The van der Waals surface area contributed by atoms with E-state index in [1.165, 1.54) is 6.08 Å². The van der Waals surface area contributed by atoms with Gasteiger partial charge in [0.15, 0.2) is 0 Å². The third-order valence-corrected chi connectivity index (χ3v) is 4.14. The second-order valence-corrected chi connectivity index (χ2v) is 8.04. The Kier molecular flexibility index (Phi) is 11.1. The molecule has 0 fully saturated rings. The van der Waals surface area contributed by atoms with Crippen LogP contribution in [0.2, 0.25) is 0 Å². The highest BCUT2D eigenvalue weighted by Gasteiger charge is 2.25. The van der Waals surface area contributed by atoms with Gasteiger partial charge < -0.3 is 20.1 Å². The van der Waals surface area contributed by atoms with Crippen molar-refractivity contribution in [1.29, 1.82) is 0 Å². The number of allylic oxidation sites excluding steroid dienone is 1. The maximum Gasteiger partial charge on any atom is 0.408 e. The van der Waals surface area contributed by atoms with Crippen LogP contribution in [0.1, 0.15) is 58.1 Å². The Balaban J connectivity index is 2.68. The Labute approximate surface area is 184 Å². The van der Waals surface area contributed by atoms with Crippen LogP contribution < -0.4 is 10.6 Å². The molecule has 2 N–H and O–H groups in total. The van der Waals surface area contributed by atoms with E-state index in [4.69, 9.17) is 9.47 Å². The molecular weight excluding hydrogens is 396 g/mol. The fourth-order valence-electron chi connectivity index (χ4n) is 2.72. The number of carbonyl (C=O) groups is 3. The third kappa shape index (κ3) is 11.0. The van der Waals surface area contributed by atoms with Gasteiger partial charge in [0.05, 0.1) is 12.6 Å². The van der Waals surface area contributed by atoms with Crippen LogP contribution >= 0.6 is 0 Å². The molecule has 0 aliphatic carbocycles. The lowest BCUT2D eigenvalue weighted by molar-refractivity contribution is -0.146. The number of esters is 1. The summed E-state index contributed by atoms with van der Waals surface area (Å²) < 4.78 is 10.6. The van der Waals surface area contributed by atoms with Gasteiger partial charge in [0.25, 0.3) is 0 Å². The fourth-order valence-corrected chi connectivity index (χ4v) is 2.72. The molecule has 0 saturated carbocycles. The van der Waals surface area contributed by atoms with E-state index in [9.17, 15) is 14.4 Å². The van der Waals surface area contributed by atoms with Crippen LogP contribution in [-0.2, 0) is 19.1 Å². The molecule has 2 atom stereocenters. The summed E-state index contributed by atoms with van der Waals surface area (Å²) >= 11 is 0. The number of ether oxygens (including phenoxy) is 2. The van der Waals surface area contributed by atoms with Crippen LogP contribution in [0, 0.1) is 0 Å². The zero-order valence-electron chi connectivity index (χ0n) is 18.7. The van der Waals surface area contributed by atoms with Gasteiger partial charge >= 0.3 is 12.1 Å². The Morgan fingerprint density at radius 2 is 1.74 bits per heavy atom. The van der Waals surface area contributed by atoms with Crippen molar-refractivity contribution in [3.63, 3.8) is 0 Å². The third-order valence-electron chi connectivity index (χ3n) is 4.14. The first-order chi connectivity index (χ1) is 14.7. The first kappa shape index (κ1) is 25.9. The van der Waals surface area contributed by atoms with E-state index in [2.05, 4.69) is 23.8 Å². The molecule has 0 radical (unpaired) electrons. The van der Waals surface area contributed by atoms with Gasteiger partial charge in [0, 0.05) is 12.8 Å². The minimum absolute atomic E-state index is 0.0732. The maximum atomic E-state index is 12.5. The maximum absolute atomic E-state index is 12.5. The molecule has 0 bridgehead atoms. The molecule has 0 heterocycles. The van der Waals surface area contributed by atoms with Crippen molar-refractivity contribution >= 4 is 18.0 Å². The summed E-state index contributed by atoms with van der Waals surface area (Å²) in [6.07, 6.45) is 4.04. The Morgan fingerprint density at radius 1 is 1.06 bits per heavy atom. The van der Waals surface area contributed by atoms with E-state index < -0.39 is 23.7 Å². The van der Waals surface area contributed by atoms with Crippen molar-refractivity contribution < 1.29 is 23.9 Å². The van der Waals surface area contributed by atoms with Gasteiger partial charge in [-0.15, -0.1) is 13.2 Å². The molecule has 1 unspecified atom stereocenters. The minimum atomic E-state index is -0.898. The normalized spacial score (nSPS) is 12.7. The summed E-state index contributed by atoms with van der Waals surface area (Å²) in [7, 11) is 0. The van der Waals surface area contributed by atoms with Crippen LogP contribution in [0.5, 0.6) is 0 Å². The summed E-state index contributed by atoms with van der Waals surface area (Å²) in [5, 5.41) is 5.48. The number of amides is 2. The number of rotatable bonds is 12. The average molecular weight is 431 g/mol.